The van der Waals surface area contributed by atoms with Crippen LogP contribution in [0, 0.1) is 20.8 Å². The molecule has 0 saturated heterocycles. The highest BCUT2D eigenvalue weighted by Gasteiger charge is 2.30. The minimum absolute atomic E-state index is 0.257. The zero-order chi connectivity index (χ0) is 25.2. The molecule has 0 aliphatic carbocycles. The first kappa shape index (κ1) is 25.3. The topological polar surface area (TPSA) is 33.4 Å². The molecule has 4 aromatic rings. The Labute approximate surface area is 211 Å². The summed E-state index contributed by atoms with van der Waals surface area (Å²) in [5.74, 6) is 2.84. The SMILES string of the molecule is Cc1cc(C)cc(SCc2oc(-c3ccc(C(F)(F)F)cc3)cc2CSc2ccc(O)c(C)c2)c1. The van der Waals surface area contributed by atoms with Gasteiger partial charge in [-0.15, -0.1) is 23.5 Å². The molecular weight excluding hydrogens is 489 g/mol. The smallest absolute Gasteiger partial charge is 0.416 e. The summed E-state index contributed by atoms with van der Waals surface area (Å²) >= 11 is 3.29. The molecule has 35 heavy (non-hydrogen) atoms. The monoisotopic (exact) mass is 514 g/mol. The van der Waals surface area contributed by atoms with E-state index in [9.17, 15) is 18.3 Å². The molecule has 182 valence electrons. The van der Waals surface area contributed by atoms with Gasteiger partial charge in [-0.1, -0.05) is 18.2 Å². The Hall–Kier alpha value is -2.77. The van der Waals surface area contributed by atoms with Crippen LogP contribution in [-0.4, -0.2) is 5.11 Å². The van der Waals surface area contributed by atoms with Gasteiger partial charge in [-0.05, 0) is 86.0 Å². The Kier molecular flexibility index (Phi) is 7.57. The minimum Gasteiger partial charge on any atom is -0.508 e. The molecule has 3 aromatic carbocycles. The first-order chi connectivity index (χ1) is 16.6. The number of phenols is 1. The highest BCUT2D eigenvalue weighted by molar-refractivity contribution is 7.99. The van der Waals surface area contributed by atoms with Crippen molar-refractivity contribution < 1.29 is 22.7 Å². The number of rotatable bonds is 7. The fourth-order valence-corrected chi connectivity index (χ4v) is 5.79. The van der Waals surface area contributed by atoms with Crippen molar-refractivity contribution in [1.82, 2.24) is 0 Å². The van der Waals surface area contributed by atoms with Crippen LogP contribution in [-0.2, 0) is 17.7 Å². The Morgan fingerprint density at radius 2 is 1.43 bits per heavy atom. The lowest BCUT2D eigenvalue weighted by molar-refractivity contribution is -0.137. The first-order valence-electron chi connectivity index (χ1n) is 11.0. The first-order valence-corrected chi connectivity index (χ1v) is 13.0. The zero-order valence-electron chi connectivity index (χ0n) is 19.6. The quantitative estimate of drug-likeness (QED) is 0.249. The fourth-order valence-electron chi connectivity index (χ4n) is 3.72. The van der Waals surface area contributed by atoms with Gasteiger partial charge in [0, 0.05) is 26.7 Å². The van der Waals surface area contributed by atoms with E-state index in [1.54, 1.807) is 29.6 Å². The average molecular weight is 515 g/mol. The number of hydrogen-bond donors (Lipinski definition) is 1. The molecule has 1 N–H and O–H groups in total. The van der Waals surface area contributed by atoms with E-state index < -0.39 is 11.7 Å². The lowest BCUT2D eigenvalue weighted by Crippen LogP contribution is -2.03. The van der Waals surface area contributed by atoms with Crippen molar-refractivity contribution in [2.24, 2.45) is 0 Å². The van der Waals surface area contributed by atoms with E-state index in [0.717, 1.165) is 38.8 Å². The van der Waals surface area contributed by atoms with Crippen LogP contribution in [0.4, 0.5) is 13.2 Å². The molecular formula is C28H25F3O2S2. The van der Waals surface area contributed by atoms with Crippen molar-refractivity contribution in [2.75, 3.05) is 0 Å². The average Bonchev–Trinajstić information content (AvgIpc) is 3.20. The fraction of sp³-hybridized carbons (Fsp3) is 0.214. The third-order valence-electron chi connectivity index (χ3n) is 5.52. The van der Waals surface area contributed by atoms with Gasteiger partial charge in [-0.3, -0.25) is 0 Å². The summed E-state index contributed by atoms with van der Waals surface area (Å²) < 4.78 is 45.1. The van der Waals surface area contributed by atoms with Gasteiger partial charge in [0.25, 0.3) is 0 Å². The molecule has 0 aliphatic heterocycles. The number of thioether (sulfide) groups is 2. The van der Waals surface area contributed by atoms with Gasteiger partial charge in [0.2, 0.25) is 0 Å². The predicted molar refractivity (Wildman–Crippen MR) is 137 cm³/mol. The third kappa shape index (κ3) is 6.47. The maximum Gasteiger partial charge on any atom is 0.416 e. The molecule has 0 spiro atoms. The maximum absolute atomic E-state index is 13.0. The van der Waals surface area contributed by atoms with Crippen LogP contribution in [0.5, 0.6) is 5.75 Å². The molecule has 2 nitrogen and oxygen atoms in total. The van der Waals surface area contributed by atoms with Crippen LogP contribution in [0.1, 0.15) is 33.6 Å². The summed E-state index contributed by atoms with van der Waals surface area (Å²) in [6.07, 6.45) is -4.38. The van der Waals surface area contributed by atoms with Crippen LogP contribution in [0.2, 0.25) is 0 Å². The number of aryl methyl sites for hydroxylation is 3. The number of halogens is 3. The van der Waals surface area contributed by atoms with Crippen molar-refractivity contribution in [3.63, 3.8) is 0 Å². The van der Waals surface area contributed by atoms with Crippen molar-refractivity contribution in [3.05, 3.63) is 100 Å². The number of hydrogen-bond acceptors (Lipinski definition) is 4. The summed E-state index contributed by atoms with van der Waals surface area (Å²) in [4.78, 5) is 2.16. The lowest BCUT2D eigenvalue weighted by Gasteiger charge is -2.07. The minimum atomic E-state index is -4.38. The van der Waals surface area contributed by atoms with Gasteiger partial charge < -0.3 is 9.52 Å². The van der Waals surface area contributed by atoms with Crippen molar-refractivity contribution in [3.8, 4) is 17.1 Å². The van der Waals surface area contributed by atoms with E-state index in [1.165, 1.54) is 23.3 Å². The van der Waals surface area contributed by atoms with Crippen molar-refractivity contribution in [2.45, 2.75) is 48.2 Å². The second-order valence-electron chi connectivity index (χ2n) is 8.48. The van der Waals surface area contributed by atoms with E-state index in [2.05, 4.69) is 32.0 Å². The van der Waals surface area contributed by atoms with Gasteiger partial charge in [-0.2, -0.15) is 13.2 Å². The highest BCUT2D eigenvalue weighted by atomic mass is 32.2. The van der Waals surface area contributed by atoms with Gasteiger partial charge in [0.15, 0.2) is 0 Å². The molecule has 7 heteroatoms. The van der Waals surface area contributed by atoms with E-state index in [1.807, 2.05) is 25.1 Å². The zero-order valence-corrected chi connectivity index (χ0v) is 21.2. The van der Waals surface area contributed by atoms with Crippen molar-refractivity contribution >= 4 is 23.5 Å². The summed E-state index contributed by atoms with van der Waals surface area (Å²) in [6.45, 7) is 5.98. The molecule has 0 atom stereocenters. The van der Waals surface area contributed by atoms with E-state index >= 15 is 0 Å². The number of benzene rings is 3. The molecule has 0 aliphatic rings. The predicted octanol–water partition coefficient (Wildman–Crippen LogP) is 9.18. The number of aromatic hydroxyl groups is 1. The molecule has 1 heterocycles. The Bertz CT molecular complexity index is 1310. The molecule has 0 radical (unpaired) electrons. The number of alkyl halides is 3. The van der Waals surface area contributed by atoms with Gasteiger partial charge in [0.05, 0.1) is 11.3 Å². The normalized spacial score (nSPS) is 11.7. The molecule has 4 rings (SSSR count). The molecule has 0 unspecified atom stereocenters. The lowest BCUT2D eigenvalue weighted by atomic mass is 10.1. The summed E-state index contributed by atoms with van der Waals surface area (Å²) in [5.41, 5.74) is 4.10. The van der Waals surface area contributed by atoms with E-state index in [-0.39, 0.29) is 5.75 Å². The second-order valence-corrected chi connectivity index (χ2v) is 10.6. The Morgan fingerprint density at radius 1 is 0.771 bits per heavy atom. The molecule has 0 bridgehead atoms. The number of furan rings is 1. The summed E-state index contributed by atoms with van der Waals surface area (Å²) in [7, 11) is 0. The summed E-state index contributed by atoms with van der Waals surface area (Å²) in [6, 6.07) is 18.8. The van der Waals surface area contributed by atoms with Crippen molar-refractivity contribution in [1.29, 1.82) is 0 Å². The standard InChI is InChI=1S/C28H25F3O2S2/c1-17-10-18(2)12-24(11-17)35-16-27-21(15-34-23-8-9-25(32)19(3)13-23)14-26(33-27)20-4-6-22(7-5-20)28(29,30)31/h4-14,32H,15-16H2,1-3H3. The van der Waals surface area contributed by atoms with Gasteiger partial charge in [-0.25, -0.2) is 0 Å². The van der Waals surface area contributed by atoms with Crippen LogP contribution in [0.3, 0.4) is 0 Å². The van der Waals surface area contributed by atoms with Gasteiger partial charge >= 0.3 is 6.18 Å². The largest absolute Gasteiger partial charge is 0.508 e. The maximum atomic E-state index is 13.0. The highest BCUT2D eigenvalue weighted by Crippen LogP contribution is 2.36. The third-order valence-corrected chi connectivity index (χ3v) is 7.54. The molecule has 0 fully saturated rings. The molecule has 1 aromatic heterocycles. The van der Waals surface area contributed by atoms with E-state index in [0.29, 0.717) is 22.8 Å². The Morgan fingerprint density at radius 3 is 2.06 bits per heavy atom. The number of phenolic OH excluding ortho intramolecular Hbond substituents is 1. The summed E-state index contributed by atoms with van der Waals surface area (Å²) in [5, 5.41) is 9.79. The van der Waals surface area contributed by atoms with Crippen LogP contribution < -0.4 is 0 Å². The van der Waals surface area contributed by atoms with Crippen LogP contribution in [0.15, 0.2) is 80.9 Å². The molecule has 0 amide bonds. The molecule has 0 saturated carbocycles. The second kappa shape index (κ2) is 10.5. The Balaban J connectivity index is 1.60. The van der Waals surface area contributed by atoms with Gasteiger partial charge in [0.1, 0.15) is 17.3 Å². The van der Waals surface area contributed by atoms with E-state index in [4.69, 9.17) is 4.42 Å². The van der Waals surface area contributed by atoms with Crippen LogP contribution >= 0.6 is 23.5 Å². The van der Waals surface area contributed by atoms with Crippen LogP contribution in [0.25, 0.3) is 11.3 Å².